The monoisotopic (exact) mass is 271 g/mol. The van der Waals surface area contributed by atoms with Crippen molar-refractivity contribution in [3.8, 4) is 11.5 Å². The summed E-state index contributed by atoms with van der Waals surface area (Å²) in [7, 11) is 0. The summed E-state index contributed by atoms with van der Waals surface area (Å²) < 4.78 is 5.67. The Morgan fingerprint density at radius 3 is 2.40 bits per heavy atom. The molecule has 0 aromatic heterocycles. The summed E-state index contributed by atoms with van der Waals surface area (Å²) in [4.78, 5) is 21.2. The zero-order chi connectivity index (χ0) is 14.7. The fraction of sp³-hybridized carbons (Fsp3) is 0.133. The van der Waals surface area contributed by atoms with Crippen LogP contribution in [0.15, 0.2) is 36.4 Å². The Morgan fingerprint density at radius 1 is 1.10 bits per heavy atom. The third kappa shape index (κ3) is 2.83. The average Bonchev–Trinajstić information content (AvgIpc) is 2.42. The fourth-order valence-corrected chi connectivity index (χ4v) is 1.83. The Balaban J connectivity index is 2.35. The second kappa shape index (κ2) is 5.52. The van der Waals surface area contributed by atoms with Gasteiger partial charge in [0.15, 0.2) is 6.29 Å². The van der Waals surface area contributed by atoms with Gasteiger partial charge in [0.1, 0.15) is 11.5 Å². The number of aryl methyl sites for hydroxylation is 2. The number of nitrogens with zero attached hydrogens (tertiary/aromatic N) is 1. The maximum Gasteiger partial charge on any atom is 0.269 e. The van der Waals surface area contributed by atoms with Crippen molar-refractivity contribution in [1.82, 2.24) is 0 Å². The van der Waals surface area contributed by atoms with Crippen molar-refractivity contribution in [3.63, 3.8) is 0 Å². The second-order valence-electron chi connectivity index (χ2n) is 4.47. The molecule has 0 atom stereocenters. The number of carbonyl (C=O) groups excluding carboxylic acids is 1. The molecule has 0 bridgehead atoms. The molecule has 0 amide bonds. The third-order valence-corrected chi connectivity index (χ3v) is 2.88. The molecule has 20 heavy (non-hydrogen) atoms. The number of nitro benzene ring substituents is 1. The van der Waals surface area contributed by atoms with Crippen LogP contribution in [0.4, 0.5) is 5.69 Å². The van der Waals surface area contributed by atoms with E-state index in [1.54, 1.807) is 19.1 Å². The number of aldehydes is 1. The van der Waals surface area contributed by atoms with Crippen LogP contribution in [0.5, 0.6) is 11.5 Å². The number of benzene rings is 2. The van der Waals surface area contributed by atoms with Crippen molar-refractivity contribution < 1.29 is 14.5 Å². The maximum atomic E-state index is 11.0. The summed E-state index contributed by atoms with van der Waals surface area (Å²) in [5, 5.41) is 10.7. The third-order valence-electron chi connectivity index (χ3n) is 2.88. The van der Waals surface area contributed by atoms with Crippen LogP contribution in [0.1, 0.15) is 21.5 Å². The lowest BCUT2D eigenvalue weighted by Crippen LogP contribution is -1.94. The summed E-state index contributed by atoms with van der Waals surface area (Å²) in [5.41, 5.74) is 2.05. The highest BCUT2D eigenvalue weighted by atomic mass is 16.6. The Morgan fingerprint density at radius 2 is 1.80 bits per heavy atom. The topological polar surface area (TPSA) is 69.4 Å². The molecule has 0 aliphatic rings. The van der Waals surface area contributed by atoms with Gasteiger partial charge < -0.3 is 4.74 Å². The van der Waals surface area contributed by atoms with Gasteiger partial charge in [0.2, 0.25) is 0 Å². The van der Waals surface area contributed by atoms with E-state index in [4.69, 9.17) is 4.74 Å². The number of hydrogen-bond acceptors (Lipinski definition) is 4. The zero-order valence-corrected chi connectivity index (χ0v) is 11.1. The fourth-order valence-electron chi connectivity index (χ4n) is 1.83. The average molecular weight is 271 g/mol. The van der Waals surface area contributed by atoms with Crippen molar-refractivity contribution in [2.24, 2.45) is 0 Å². The first-order valence-corrected chi connectivity index (χ1v) is 6.00. The van der Waals surface area contributed by atoms with E-state index in [0.29, 0.717) is 22.6 Å². The van der Waals surface area contributed by atoms with E-state index in [1.807, 2.05) is 13.0 Å². The Labute approximate surface area is 116 Å². The van der Waals surface area contributed by atoms with Crippen LogP contribution in [0.25, 0.3) is 0 Å². The number of hydrogen-bond donors (Lipinski definition) is 0. The molecule has 0 radical (unpaired) electrons. The molecular formula is C15H13NO4. The maximum absolute atomic E-state index is 11.0. The van der Waals surface area contributed by atoms with E-state index in [-0.39, 0.29) is 5.69 Å². The largest absolute Gasteiger partial charge is 0.456 e. The van der Waals surface area contributed by atoms with Crippen LogP contribution < -0.4 is 4.74 Å². The predicted octanol–water partition coefficient (Wildman–Crippen LogP) is 3.82. The predicted molar refractivity (Wildman–Crippen MR) is 74.5 cm³/mol. The summed E-state index contributed by atoms with van der Waals surface area (Å²) in [5.74, 6) is 0.921. The first kappa shape index (κ1) is 13.7. The quantitative estimate of drug-likeness (QED) is 0.481. The van der Waals surface area contributed by atoms with Crippen LogP contribution >= 0.6 is 0 Å². The Bertz CT molecular complexity index is 680. The lowest BCUT2D eigenvalue weighted by atomic mass is 10.1. The van der Waals surface area contributed by atoms with Gasteiger partial charge in [-0.15, -0.1) is 0 Å². The minimum absolute atomic E-state index is 0.00867. The SMILES string of the molecule is Cc1ccc(Oc2ccc([N+](=O)[O-])cc2C)c(C=O)c1. The van der Waals surface area contributed by atoms with Gasteiger partial charge in [-0.3, -0.25) is 14.9 Å². The molecule has 2 rings (SSSR count). The smallest absolute Gasteiger partial charge is 0.269 e. The summed E-state index contributed by atoms with van der Waals surface area (Å²) in [6.07, 6.45) is 0.725. The van der Waals surface area contributed by atoms with E-state index in [0.717, 1.165) is 11.8 Å². The van der Waals surface area contributed by atoms with Gasteiger partial charge in [0.25, 0.3) is 5.69 Å². The van der Waals surface area contributed by atoms with Crippen molar-refractivity contribution in [1.29, 1.82) is 0 Å². The molecule has 2 aromatic rings. The standard InChI is InChI=1S/C15H13NO4/c1-10-3-5-15(12(7-10)9-17)20-14-6-4-13(16(18)19)8-11(14)2/h3-9H,1-2H3. The first-order valence-electron chi connectivity index (χ1n) is 6.00. The van der Waals surface area contributed by atoms with E-state index in [9.17, 15) is 14.9 Å². The highest BCUT2D eigenvalue weighted by molar-refractivity contribution is 5.79. The lowest BCUT2D eigenvalue weighted by Gasteiger charge is -2.10. The molecule has 0 fully saturated rings. The number of ether oxygens (including phenoxy) is 1. The number of nitro groups is 1. The molecule has 0 aliphatic carbocycles. The van der Waals surface area contributed by atoms with E-state index in [1.165, 1.54) is 18.2 Å². The molecule has 0 unspecified atom stereocenters. The molecule has 0 spiro atoms. The van der Waals surface area contributed by atoms with Crippen LogP contribution in [0, 0.1) is 24.0 Å². The highest BCUT2D eigenvalue weighted by Crippen LogP contribution is 2.30. The van der Waals surface area contributed by atoms with E-state index < -0.39 is 4.92 Å². The summed E-state index contributed by atoms with van der Waals surface area (Å²) in [6, 6.07) is 9.61. The van der Waals surface area contributed by atoms with Gasteiger partial charge in [-0.25, -0.2) is 0 Å². The Hall–Kier alpha value is -2.69. The van der Waals surface area contributed by atoms with E-state index in [2.05, 4.69) is 0 Å². The van der Waals surface area contributed by atoms with Gasteiger partial charge in [0.05, 0.1) is 10.5 Å². The van der Waals surface area contributed by atoms with Crippen molar-refractivity contribution in [3.05, 3.63) is 63.2 Å². The summed E-state index contributed by atoms with van der Waals surface area (Å²) >= 11 is 0. The second-order valence-corrected chi connectivity index (χ2v) is 4.47. The van der Waals surface area contributed by atoms with Gasteiger partial charge in [0, 0.05) is 12.1 Å². The number of carbonyl (C=O) groups is 1. The molecule has 0 aliphatic heterocycles. The van der Waals surface area contributed by atoms with Crippen LogP contribution in [0.2, 0.25) is 0 Å². The first-order chi connectivity index (χ1) is 9.51. The number of non-ortho nitro benzene ring substituents is 1. The van der Waals surface area contributed by atoms with Crippen molar-refractivity contribution >= 4 is 12.0 Å². The lowest BCUT2D eigenvalue weighted by molar-refractivity contribution is -0.384. The minimum Gasteiger partial charge on any atom is -0.456 e. The van der Waals surface area contributed by atoms with E-state index >= 15 is 0 Å². The minimum atomic E-state index is -0.459. The molecule has 2 aromatic carbocycles. The van der Waals surface area contributed by atoms with Crippen LogP contribution in [0.3, 0.4) is 0 Å². The Kier molecular flexibility index (Phi) is 3.79. The van der Waals surface area contributed by atoms with Crippen LogP contribution in [-0.4, -0.2) is 11.2 Å². The summed E-state index contributed by atoms with van der Waals surface area (Å²) in [6.45, 7) is 3.60. The molecule has 0 saturated carbocycles. The molecule has 5 nitrogen and oxygen atoms in total. The van der Waals surface area contributed by atoms with Crippen molar-refractivity contribution in [2.45, 2.75) is 13.8 Å². The molecule has 5 heteroatoms. The molecule has 0 N–H and O–H groups in total. The molecule has 0 heterocycles. The van der Waals surface area contributed by atoms with Crippen LogP contribution in [-0.2, 0) is 0 Å². The normalized spacial score (nSPS) is 10.1. The number of rotatable bonds is 4. The zero-order valence-electron chi connectivity index (χ0n) is 11.1. The molecule has 102 valence electrons. The highest BCUT2D eigenvalue weighted by Gasteiger charge is 2.11. The van der Waals surface area contributed by atoms with Gasteiger partial charge in [-0.05, 0) is 37.6 Å². The molecule has 0 saturated heterocycles. The van der Waals surface area contributed by atoms with Crippen molar-refractivity contribution in [2.75, 3.05) is 0 Å². The van der Waals surface area contributed by atoms with Gasteiger partial charge >= 0.3 is 0 Å². The van der Waals surface area contributed by atoms with Gasteiger partial charge in [-0.2, -0.15) is 0 Å². The van der Waals surface area contributed by atoms with Gasteiger partial charge in [-0.1, -0.05) is 11.6 Å². The molecular weight excluding hydrogens is 258 g/mol.